The summed E-state index contributed by atoms with van der Waals surface area (Å²) >= 11 is 3.25. The maximum absolute atomic E-state index is 12.9. The molecule has 1 N–H and O–H groups in total. The van der Waals surface area contributed by atoms with Gasteiger partial charge in [-0.1, -0.05) is 6.92 Å². The van der Waals surface area contributed by atoms with Crippen LogP contribution >= 0.6 is 15.9 Å². The quantitative estimate of drug-likeness (QED) is 0.889. The van der Waals surface area contributed by atoms with E-state index in [0.717, 1.165) is 0 Å². The highest BCUT2D eigenvalue weighted by atomic mass is 79.9. The van der Waals surface area contributed by atoms with Crippen LogP contribution < -0.4 is 5.32 Å². The molecule has 1 amide bonds. The van der Waals surface area contributed by atoms with Gasteiger partial charge in [-0.05, 0) is 40.5 Å². The third-order valence-corrected chi connectivity index (χ3v) is 3.06. The number of halogens is 2. The molecule has 0 spiro atoms. The third-order valence-electron chi connectivity index (χ3n) is 2.40. The van der Waals surface area contributed by atoms with Gasteiger partial charge >= 0.3 is 0 Å². The maximum Gasteiger partial charge on any atom is 0.250 e. The van der Waals surface area contributed by atoms with E-state index in [1.165, 1.54) is 12.1 Å². The predicted molar refractivity (Wildman–Crippen MR) is 62.9 cm³/mol. The number of nitrogens with one attached hydrogen (secondary N) is 1. The standard InChI is InChI=1S/C11H10BrFN2O/c1-2-9-11(16)15-10(14-9)7-4-3-6(13)5-8(7)12/h3-5,9H,2H2,1H3,(H,14,15,16). The average Bonchev–Trinajstić information content (AvgIpc) is 2.59. The minimum atomic E-state index is -0.327. The Morgan fingerprint density at radius 2 is 2.31 bits per heavy atom. The van der Waals surface area contributed by atoms with E-state index in [2.05, 4.69) is 26.2 Å². The number of nitrogens with zero attached hydrogens (tertiary/aromatic N) is 1. The number of carbonyl (C=O) groups is 1. The van der Waals surface area contributed by atoms with Crippen LogP contribution in [0.2, 0.25) is 0 Å². The van der Waals surface area contributed by atoms with Crippen LogP contribution in [0.3, 0.4) is 0 Å². The van der Waals surface area contributed by atoms with Crippen molar-refractivity contribution < 1.29 is 9.18 Å². The van der Waals surface area contributed by atoms with Crippen molar-refractivity contribution in [1.82, 2.24) is 5.32 Å². The van der Waals surface area contributed by atoms with Gasteiger partial charge in [0, 0.05) is 10.0 Å². The van der Waals surface area contributed by atoms with Gasteiger partial charge in [0.1, 0.15) is 17.7 Å². The number of benzene rings is 1. The van der Waals surface area contributed by atoms with Gasteiger partial charge in [0.25, 0.3) is 0 Å². The summed E-state index contributed by atoms with van der Waals surface area (Å²) in [6, 6.07) is 3.96. The van der Waals surface area contributed by atoms with Crippen molar-refractivity contribution in [3.05, 3.63) is 34.1 Å². The van der Waals surface area contributed by atoms with Crippen molar-refractivity contribution in [2.45, 2.75) is 19.4 Å². The molecule has 1 aromatic carbocycles. The molecule has 2 rings (SSSR count). The van der Waals surface area contributed by atoms with E-state index in [1.807, 2.05) is 6.92 Å². The maximum atomic E-state index is 12.9. The molecule has 0 saturated carbocycles. The van der Waals surface area contributed by atoms with E-state index in [4.69, 9.17) is 0 Å². The lowest BCUT2D eigenvalue weighted by atomic mass is 10.2. The number of hydrogen-bond donors (Lipinski definition) is 1. The molecule has 5 heteroatoms. The summed E-state index contributed by atoms with van der Waals surface area (Å²) in [5.41, 5.74) is 0.700. The zero-order chi connectivity index (χ0) is 11.7. The Balaban J connectivity index is 2.36. The molecule has 1 aliphatic heterocycles. The summed E-state index contributed by atoms with van der Waals surface area (Å²) < 4.78 is 13.5. The molecule has 1 unspecified atom stereocenters. The SMILES string of the molecule is CCC1N=C(c2ccc(F)cc2Br)NC1=O. The first-order valence-electron chi connectivity index (χ1n) is 4.96. The Morgan fingerprint density at radius 3 is 2.88 bits per heavy atom. The first kappa shape index (κ1) is 11.3. The number of rotatable bonds is 2. The second-order valence-electron chi connectivity index (χ2n) is 3.52. The zero-order valence-electron chi connectivity index (χ0n) is 8.63. The van der Waals surface area contributed by atoms with Gasteiger partial charge < -0.3 is 5.32 Å². The highest BCUT2D eigenvalue weighted by molar-refractivity contribution is 9.10. The Kier molecular flexibility index (Phi) is 3.05. The highest BCUT2D eigenvalue weighted by Crippen LogP contribution is 2.20. The molecule has 0 aliphatic carbocycles. The van der Waals surface area contributed by atoms with E-state index >= 15 is 0 Å². The Bertz CT molecular complexity index is 473. The van der Waals surface area contributed by atoms with Crippen LogP contribution in [0, 0.1) is 5.82 Å². The molecule has 1 heterocycles. The smallest absolute Gasteiger partial charge is 0.250 e. The number of hydrogen-bond acceptors (Lipinski definition) is 2. The van der Waals surface area contributed by atoms with Gasteiger partial charge in [-0.15, -0.1) is 0 Å². The van der Waals surface area contributed by atoms with Gasteiger partial charge in [-0.25, -0.2) is 4.39 Å². The monoisotopic (exact) mass is 284 g/mol. The van der Waals surface area contributed by atoms with Gasteiger partial charge in [0.2, 0.25) is 5.91 Å². The van der Waals surface area contributed by atoms with Gasteiger partial charge in [-0.3, -0.25) is 9.79 Å². The molecular formula is C11H10BrFN2O. The largest absolute Gasteiger partial charge is 0.309 e. The van der Waals surface area contributed by atoms with Gasteiger partial charge in [0.05, 0.1) is 0 Å². The van der Waals surface area contributed by atoms with Crippen molar-refractivity contribution in [3.63, 3.8) is 0 Å². The summed E-state index contributed by atoms with van der Waals surface area (Å²) in [4.78, 5) is 15.7. The molecule has 0 aromatic heterocycles. The van der Waals surface area contributed by atoms with E-state index in [-0.39, 0.29) is 17.8 Å². The van der Waals surface area contributed by atoms with Crippen molar-refractivity contribution >= 4 is 27.7 Å². The molecule has 1 aliphatic rings. The Labute approximate surface area is 101 Å². The van der Waals surface area contributed by atoms with Crippen LogP contribution in [0.15, 0.2) is 27.7 Å². The Hall–Kier alpha value is -1.23. The first-order chi connectivity index (χ1) is 7.61. The van der Waals surface area contributed by atoms with E-state index < -0.39 is 0 Å². The molecule has 0 radical (unpaired) electrons. The van der Waals surface area contributed by atoms with Crippen LogP contribution in [0.25, 0.3) is 0 Å². The molecule has 0 bridgehead atoms. The fourth-order valence-electron chi connectivity index (χ4n) is 1.54. The fraction of sp³-hybridized carbons (Fsp3) is 0.273. The third kappa shape index (κ3) is 2.00. The average molecular weight is 285 g/mol. The molecule has 16 heavy (non-hydrogen) atoms. The first-order valence-corrected chi connectivity index (χ1v) is 5.75. The van der Waals surface area contributed by atoms with Crippen LogP contribution in [0.4, 0.5) is 4.39 Å². The van der Waals surface area contributed by atoms with Crippen LogP contribution in [-0.4, -0.2) is 17.8 Å². The fourth-order valence-corrected chi connectivity index (χ4v) is 2.08. The van der Waals surface area contributed by atoms with Crippen molar-refractivity contribution in [2.75, 3.05) is 0 Å². The molecule has 1 aromatic rings. The van der Waals surface area contributed by atoms with Crippen LogP contribution in [0.1, 0.15) is 18.9 Å². The number of aliphatic imine (C=N–C) groups is 1. The zero-order valence-corrected chi connectivity index (χ0v) is 10.2. The Morgan fingerprint density at radius 1 is 1.56 bits per heavy atom. The van der Waals surface area contributed by atoms with Crippen LogP contribution in [0.5, 0.6) is 0 Å². The topological polar surface area (TPSA) is 41.5 Å². The van der Waals surface area contributed by atoms with E-state index in [9.17, 15) is 9.18 Å². The highest BCUT2D eigenvalue weighted by Gasteiger charge is 2.26. The number of carbonyl (C=O) groups excluding carboxylic acids is 1. The second kappa shape index (κ2) is 4.33. The number of amides is 1. The summed E-state index contributed by atoms with van der Waals surface area (Å²) in [5, 5.41) is 2.69. The van der Waals surface area contributed by atoms with E-state index in [1.54, 1.807) is 6.07 Å². The van der Waals surface area contributed by atoms with Crippen LogP contribution in [-0.2, 0) is 4.79 Å². The predicted octanol–water partition coefficient (Wildman–Crippen LogP) is 2.24. The molecule has 84 valence electrons. The lowest BCUT2D eigenvalue weighted by Crippen LogP contribution is -2.29. The second-order valence-corrected chi connectivity index (χ2v) is 4.37. The summed E-state index contributed by atoms with van der Waals surface area (Å²) in [5.74, 6) is 0.0741. The van der Waals surface area contributed by atoms with Gasteiger partial charge in [0.15, 0.2) is 0 Å². The molecule has 3 nitrogen and oxygen atoms in total. The minimum absolute atomic E-state index is 0.103. The van der Waals surface area contributed by atoms with Gasteiger partial charge in [-0.2, -0.15) is 0 Å². The summed E-state index contributed by atoms with van der Waals surface area (Å²) in [6.07, 6.45) is 0.661. The molecule has 1 atom stereocenters. The number of amidine groups is 1. The van der Waals surface area contributed by atoms with Crippen molar-refractivity contribution in [1.29, 1.82) is 0 Å². The summed E-state index contributed by atoms with van der Waals surface area (Å²) in [6.45, 7) is 1.90. The molecule has 0 saturated heterocycles. The minimum Gasteiger partial charge on any atom is -0.309 e. The van der Waals surface area contributed by atoms with Crippen molar-refractivity contribution in [3.8, 4) is 0 Å². The normalized spacial score (nSPS) is 19.6. The van der Waals surface area contributed by atoms with E-state index in [0.29, 0.717) is 22.3 Å². The summed E-state index contributed by atoms with van der Waals surface area (Å²) in [7, 11) is 0. The molecular weight excluding hydrogens is 275 g/mol. The van der Waals surface area contributed by atoms with Crippen molar-refractivity contribution in [2.24, 2.45) is 4.99 Å². The lowest BCUT2D eigenvalue weighted by Gasteiger charge is -2.03. The lowest BCUT2D eigenvalue weighted by molar-refractivity contribution is -0.120. The molecule has 0 fully saturated rings.